The minimum Gasteiger partial charge on any atom is -0.381 e. The Morgan fingerprint density at radius 1 is 1.50 bits per heavy atom. The molecule has 1 amide bonds. The Balaban J connectivity index is 2.08. The molecule has 0 aromatic heterocycles. The van der Waals surface area contributed by atoms with Gasteiger partial charge in [0.15, 0.2) is 0 Å². The molecule has 1 N–H and O–H groups in total. The van der Waals surface area contributed by atoms with Gasteiger partial charge in [-0.2, -0.15) is 0 Å². The molecule has 14 heavy (non-hydrogen) atoms. The van der Waals surface area contributed by atoms with Gasteiger partial charge in [-0.25, -0.2) is 0 Å². The van der Waals surface area contributed by atoms with E-state index in [0.29, 0.717) is 18.5 Å². The van der Waals surface area contributed by atoms with Crippen molar-refractivity contribution >= 4 is 5.91 Å². The highest BCUT2D eigenvalue weighted by Gasteiger charge is 2.37. The van der Waals surface area contributed by atoms with Gasteiger partial charge < -0.3 is 9.64 Å². The first kappa shape index (κ1) is 9.93. The first-order chi connectivity index (χ1) is 6.70. The average molecular weight is 198 g/mol. The van der Waals surface area contributed by atoms with Gasteiger partial charge in [-0.05, 0) is 13.3 Å². The zero-order valence-electron chi connectivity index (χ0n) is 8.82. The van der Waals surface area contributed by atoms with E-state index < -0.39 is 0 Å². The Labute approximate surface area is 84.6 Å². The molecule has 0 bridgehead atoms. The topological polar surface area (TPSA) is 41.6 Å². The number of ether oxygens (including phenoxy) is 1. The molecule has 3 unspecified atom stereocenters. The number of hydrogen-bond donors (Lipinski definition) is 1. The van der Waals surface area contributed by atoms with Gasteiger partial charge in [0.1, 0.15) is 0 Å². The number of hydrogen-bond acceptors (Lipinski definition) is 3. The number of carbonyl (C=O) groups excluding carboxylic acids is 1. The van der Waals surface area contributed by atoms with Crippen LogP contribution in [0.3, 0.4) is 0 Å². The van der Waals surface area contributed by atoms with Crippen molar-refractivity contribution in [2.75, 3.05) is 19.8 Å². The van der Waals surface area contributed by atoms with E-state index in [-0.39, 0.29) is 12.1 Å². The van der Waals surface area contributed by atoms with Gasteiger partial charge in [-0.1, -0.05) is 6.92 Å². The zero-order chi connectivity index (χ0) is 10.1. The second-order valence-corrected chi connectivity index (χ2v) is 4.27. The molecule has 4 heteroatoms. The predicted octanol–water partition coefficient (Wildman–Crippen LogP) is 0.189. The maximum Gasteiger partial charge on any atom is 0.238 e. The van der Waals surface area contributed by atoms with Crippen LogP contribution >= 0.6 is 0 Å². The maximum atomic E-state index is 11.7. The van der Waals surface area contributed by atoms with Crippen molar-refractivity contribution in [3.63, 3.8) is 0 Å². The minimum absolute atomic E-state index is 0.188. The molecule has 4 nitrogen and oxygen atoms in total. The molecule has 0 saturated carbocycles. The van der Waals surface area contributed by atoms with Gasteiger partial charge in [0.25, 0.3) is 0 Å². The normalized spacial score (nSPS) is 39.1. The Morgan fingerprint density at radius 3 is 2.86 bits per heavy atom. The van der Waals surface area contributed by atoms with Crippen LogP contribution in [0.2, 0.25) is 0 Å². The molecule has 2 heterocycles. The van der Waals surface area contributed by atoms with Crippen molar-refractivity contribution in [1.82, 2.24) is 10.2 Å². The molecule has 0 spiro atoms. The van der Waals surface area contributed by atoms with Crippen molar-refractivity contribution in [3.8, 4) is 0 Å². The van der Waals surface area contributed by atoms with E-state index >= 15 is 0 Å². The monoisotopic (exact) mass is 198 g/mol. The van der Waals surface area contributed by atoms with Crippen LogP contribution in [0.4, 0.5) is 0 Å². The average Bonchev–Trinajstić information content (AvgIpc) is 2.48. The Hall–Kier alpha value is -0.610. The van der Waals surface area contributed by atoms with Crippen molar-refractivity contribution < 1.29 is 9.53 Å². The fourth-order valence-corrected chi connectivity index (χ4v) is 2.39. The Morgan fingerprint density at radius 2 is 2.29 bits per heavy atom. The maximum absolute atomic E-state index is 11.7. The van der Waals surface area contributed by atoms with E-state index in [0.717, 1.165) is 19.6 Å². The van der Waals surface area contributed by atoms with Crippen LogP contribution in [0.1, 0.15) is 20.3 Å². The number of amides is 1. The van der Waals surface area contributed by atoms with Crippen LogP contribution in [-0.2, 0) is 9.53 Å². The fraction of sp³-hybridized carbons (Fsp3) is 0.900. The van der Waals surface area contributed by atoms with Crippen molar-refractivity contribution in [2.45, 2.75) is 32.5 Å². The van der Waals surface area contributed by atoms with Crippen LogP contribution in [0.25, 0.3) is 0 Å². The third-order valence-corrected chi connectivity index (χ3v) is 3.21. The summed E-state index contributed by atoms with van der Waals surface area (Å²) in [7, 11) is 0. The molecule has 2 aliphatic rings. The molecule has 0 radical (unpaired) electrons. The van der Waals surface area contributed by atoms with Gasteiger partial charge >= 0.3 is 0 Å². The number of carbonyl (C=O) groups is 1. The smallest absolute Gasteiger partial charge is 0.238 e. The van der Waals surface area contributed by atoms with Gasteiger partial charge in [0.05, 0.1) is 19.3 Å². The number of nitrogens with one attached hydrogen (secondary N) is 1. The fourth-order valence-electron chi connectivity index (χ4n) is 2.39. The van der Waals surface area contributed by atoms with Crippen LogP contribution in [-0.4, -0.2) is 42.8 Å². The molecular weight excluding hydrogens is 180 g/mol. The molecule has 0 aromatic rings. The summed E-state index contributed by atoms with van der Waals surface area (Å²) < 4.78 is 5.38. The Bertz CT molecular complexity index is 232. The van der Waals surface area contributed by atoms with E-state index in [9.17, 15) is 4.79 Å². The zero-order valence-corrected chi connectivity index (χ0v) is 8.82. The summed E-state index contributed by atoms with van der Waals surface area (Å²) in [6.45, 7) is 6.26. The van der Waals surface area contributed by atoms with E-state index in [2.05, 4.69) is 12.2 Å². The first-order valence-corrected chi connectivity index (χ1v) is 5.32. The second kappa shape index (κ2) is 3.87. The molecule has 2 fully saturated rings. The lowest BCUT2D eigenvalue weighted by atomic mass is 9.96. The molecule has 80 valence electrons. The van der Waals surface area contributed by atoms with Gasteiger partial charge in [0.2, 0.25) is 5.91 Å². The lowest BCUT2D eigenvalue weighted by Crippen LogP contribution is -2.49. The second-order valence-electron chi connectivity index (χ2n) is 4.27. The van der Waals surface area contributed by atoms with Gasteiger partial charge in [-0.3, -0.25) is 10.1 Å². The lowest BCUT2D eigenvalue weighted by molar-refractivity contribution is -0.133. The summed E-state index contributed by atoms with van der Waals surface area (Å²) in [6.07, 6.45) is 1.16. The highest BCUT2D eigenvalue weighted by Crippen LogP contribution is 2.23. The van der Waals surface area contributed by atoms with Crippen LogP contribution in [0.5, 0.6) is 0 Å². The van der Waals surface area contributed by atoms with Crippen molar-refractivity contribution in [3.05, 3.63) is 0 Å². The highest BCUT2D eigenvalue weighted by atomic mass is 16.5. The third-order valence-electron chi connectivity index (χ3n) is 3.21. The van der Waals surface area contributed by atoms with Crippen molar-refractivity contribution in [2.24, 2.45) is 5.92 Å². The third kappa shape index (κ3) is 1.64. The molecule has 2 rings (SSSR count). The minimum atomic E-state index is 0.188. The largest absolute Gasteiger partial charge is 0.381 e. The summed E-state index contributed by atoms with van der Waals surface area (Å²) in [5.74, 6) is 0.686. The van der Waals surface area contributed by atoms with Crippen molar-refractivity contribution in [1.29, 1.82) is 0 Å². The molecule has 0 aliphatic carbocycles. The first-order valence-electron chi connectivity index (χ1n) is 5.32. The van der Waals surface area contributed by atoms with E-state index in [1.807, 2.05) is 11.8 Å². The number of nitrogens with zero attached hydrogens (tertiary/aromatic N) is 1. The quantitative estimate of drug-likeness (QED) is 0.654. The lowest BCUT2D eigenvalue weighted by Gasteiger charge is -2.38. The Kier molecular flexibility index (Phi) is 2.74. The van der Waals surface area contributed by atoms with E-state index in [1.165, 1.54) is 0 Å². The van der Waals surface area contributed by atoms with Crippen LogP contribution in [0, 0.1) is 5.92 Å². The SMILES string of the molecule is CC1COCCC1N1C(=O)CNC1C. The van der Waals surface area contributed by atoms with E-state index in [4.69, 9.17) is 4.74 Å². The van der Waals surface area contributed by atoms with E-state index in [1.54, 1.807) is 0 Å². The summed E-state index contributed by atoms with van der Waals surface area (Å²) in [4.78, 5) is 13.6. The standard InChI is InChI=1S/C10H18N2O2/c1-7-6-14-4-3-9(7)12-8(2)11-5-10(12)13/h7-9,11H,3-6H2,1-2H3. The molecule has 3 atom stereocenters. The van der Waals surface area contributed by atoms with Crippen LogP contribution < -0.4 is 5.32 Å². The molecule has 0 aromatic carbocycles. The molecular formula is C10H18N2O2. The summed E-state index contributed by atoms with van der Waals surface area (Å²) in [6, 6.07) is 0.362. The van der Waals surface area contributed by atoms with Gasteiger partial charge in [-0.15, -0.1) is 0 Å². The summed E-state index contributed by atoms with van der Waals surface area (Å²) in [5, 5.41) is 3.17. The summed E-state index contributed by atoms with van der Waals surface area (Å²) >= 11 is 0. The van der Waals surface area contributed by atoms with Gasteiger partial charge in [0, 0.05) is 18.6 Å². The number of rotatable bonds is 1. The highest BCUT2D eigenvalue weighted by molar-refractivity contribution is 5.81. The molecule has 2 saturated heterocycles. The predicted molar refractivity (Wildman–Crippen MR) is 52.7 cm³/mol. The van der Waals surface area contributed by atoms with Crippen LogP contribution in [0.15, 0.2) is 0 Å². The molecule has 2 aliphatic heterocycles. The summed E-state index contributed by atoms with van der Waals surface area (Å²) in [5.41, 5.74) is 0.